The largest absolute Gasteiger partial charge is 0.392 e. The van der Waals surface area contributed by atoms with Gasteiger partial charge in [0.15, 0.2) is 0 Å². The number of anilines is 1. The summed E-state index contributed by atoms with van der Waals surface area (Å²) < 4.78 is 0. The van der Waals surface area contributed by atoms with E-state index in [1.165, 1.54) is 11.1 Å². The Kier molecular flexibility index (Phi) is 7.05. The first kappa shape index (κ1) is 24.8. The van der Waals surface area contributed by atoms with Crippen LogP contribution in [0.2, 0.25) is 0 Å². The van der Waals surface area contributed by atoms with Crippen LogP contribution in [0.1, 0.15) is 68.6 Å². The number of aliphatic hydroxyl groups is 1. The van der Waals surface area contributed by atoms with E-state index >= 15 is 0 Å². The summed E-state index contributed by atoms with van der Waals surface area (Å²) >= 11 is 0. The molecule has 190 valence electrons. The molecule has 2 aliphatic carbocycles. The zero-order valence-corrected chi connectivity index (χ0v) is 21.5. The van der Waals surface area contributed by atoms with Crippen LogP contribution in [-0.4, -0.2) is 59.3 Å². The maximum atomic E-state index is 13.6. The first-order chi connectivity index (χ1) is 17.4. The number of aliphatic hydroxyl groups excluding tert-OH is 1. The molecule has 36 heavy (non-hydrogen) atoms. The van der Waals surface area contributed by atoms with Crippen molar-refractivity contribution >= 4 is 11.7 Å². The number of carbonyl (C=O) groups is 1. The Morgan fingerprint density at radius 3 is 2.72 bits per heavy atom. The Morgan fingerprint density at radius 1 is 1.25 bits per heavy atom. The maximum Gasteiger partial charge on any atom is 0.322 e. The molecule has 0 aromatic heterocycles. The zero-order valence-electron chi connectivity index (χ0n) is 21.5. The summed E-state index contributed by atoms with van der Waals surface area (Å²) in [6, 6.07) is 18.7. The summed E-state index contributed by atoms with van der Waals surface area (Å²) in [5.74, 6) is 1.01. The van der Waals surface area contributed by atoms with Crippen molar-refractivity contribution in [3.8, 4) is 6.07 Å². The minimum Gasteiger partial charge on any atom is -0.392 e. The minimum atomic E-state index is -0.252. The Bertz CT molecular complexity index is 1120. The first-order valence-electron chi connectivity index (χ1n) is 13.5. The summed E-state index contributed by atoms with van der Waals surface area (Å²) in [5.41, 5.74) is 4.28. The number of hydrogen-bond donors (Lipinski definition) is 2. The van der Waals surface area contributed by atoms with Crippen LogP contribution in [0.3, 0.4) is 0 Å². The highest BCUT2D eigenvalue weighted by Crippen LogP contribution is 2.62. The lowest BCUT2D eigenvalue weighted by molar-refractivity contribution is 0.142. The zero-order chi connectivity index (χ0) is 25.3. The average Bonchev–Trinajstić information content (AvgIpc) is 3.49. The number of carbonyl (C=O) groups excluding carboxylic acids is 1. The second kappa shape index (κ2) is 10.2. The summed E-state index contributed by atoms with van der Waals surface area (Å²) in [6.07, 6.45) is 4.71. The van der Waals surface area contributed by atoms with E-state index in [1.54, 1.807) is 0 Å². The third kappa shape index (κ3) is 5.14. The molecular formula is C30H38N4O2. The third-order valence-corrected chi connectivity index (χ3v) is 8.71. The van der Waals surface area contributed by atoms with Gasteiger partial charge in [0.1, 0.15) is 0 Å². The molecule has 0 spiro atoms. The molecule has 0 bridgehead atoms. The van der Waals surface area contributed by atoms with E-state index in [4.69, 9.17) is 0 Å². The molecule has 1 heterocycles. The van der Waals surface area contributed by atoms with Crippen molar-refractivity contribution in [1.82, 2.24) is 9.80 Å². The molecule has 4 atom stereocenters. The number of benzene rings is 2. The van der Waals surface area contributed by atoms with Gasteiger partial charge in [0.2, 0.25) is 0 Å². The van der Waals surface area contributed by atoms with Crippen molar-refractivity contribution in [1.29, 1.82) is 5.26 Å². The van der Waals surface area contributed by atoms with Gasteiger partial charge in [-0.15, -0.1) is 0 Å². The fourth-order valence-corrected chi connectivity index (χ4v) is 6.41. The van der Waals surface area contributed by atoms with Crippen molar-refractivity contribution in [3.05, 3.63) is 65.2 Å². The monoisotopic (exact) mass is 486 g/mol. The summed E-state index contributed by atoms with van der Waals surface area (Å²) in [5, 5.41) is 22.4. The fraction of sp³-hybridized carbons (Fsp3) is 0.533. The van der Waals surface area contributed by atoms with Crippen LogP contribution < -0.4 is 5.32 Å². The molecule has 5 rings (SSSR count). The lowest BCUT2D eigenvalue weighted by atomic mass is 9.80. The van der Waals surface area contributed by atoms with Crippen molar-refractivity contribution < 1.29 is 9.90 Å². The van der Waals surface area contributed by atoms with Gasteiger partial charge in [-0.2, -0.15) is 5.26 Å². The molecular weight excluding hydrogens is 448 g/mol. The van der Waals surface area contributed by atoms with Crippen molar-refractivity contribution in [3.63, 3.8) is 0 Å². The number of fused-ring (bicyclic) bond motifs is 1. The van der Waals surface area contributed by atoms with E-state index in [2.05, 4.69) is 59.3 Å². The standard InChI is InChI=1S/C30H38N4O2/c1-21(2)23-6-8-26(9-7-23)32-29(36)34(15-14-33-13-11-28(35)20-33)27-10-12-30(18-25(30)17-27)24-5-3-4-22(16-24)19-31/h3-9,16,21,25,27-28,35H,10-15,17-18,20H2,1-2H3,(H,32,36)/t25?,27-,28-,30-/m1/s1. The van der Waals surface area contributed by atoms with Gasteiger partial charge in [-0.05, 0) is 84.7 Å². The maximum absolute atomic E-state index is 13.6. The topological polar surface area (TPSA) is 79.6 Å². The van der Waals surface area contributed by atoms with Gasteiger partial charge in [0.25, 0.3) is 0 Å². The minimum absolute atomic E-state index is 0.0309. The number of amides is 2. The smallest absolute Gasteiger partial charge is 0.322 e. The van der Waals surface area contributed by atoms with Crippen LogP contribution in [0.15, 0.2) is 48.5 Å². The summed E-state index contributed by atoms with van der Waals surface area (Å²) in [6.45, 7) is 7.37. The van der Waals surface area contributed by atoms with Crippen molar-refractivity contribution in [2.75, 3.05) is 31.5 Å². The highest BCUT2D eigenvalue weighted by Gasteiger charge is 2.58. The lowest BCUT2D eigenvalue weighted by Gasteiger charge is -2.37. The number of nitrogens with zero attached hydrogens (tertiary/aromatic N) is 3. The van der Waals surface area contributed by atoms with Gasteiger partial charge in [0.05, 0.1) is 17.7 Å². The van der Waals surface area contributed by atoms with Crippen LogP contribution in [0.4, 0.5) is 10.5 Å². The predicted octanol–water partition coefficient (Wildman–Crippen LogP) is 5.09. The van der Waals surface area contributed by atoms with Gasteiger partial charge in [-0.3, -0.25) is 4.90 Å². The second-order valence-corrected chi connectivity index (χ2v) is 11.3. The molecule has 2 N–H and O–H groups in total. The van der Waals surface area contributed by atoms with Crippen LogP contribution >= 0.6 is 0 Å². The SMILES string of the molecule is CC(C)c1ccc(NC(=O)N(CCN2CC[C@@H](O)C2)[C@@H]2CC[C@]3(c4cccc(C#N)c4)CC3C2)cc1. The van der Waals surface area contributed by atoms with E-state index in [9.17, 15) is 15.2 Å². The van der Waals surface area contributed by atoms with Gasteiger partial charge in [0, 0.05) is 37.9 Å². The van der Waals surface area contributed by atoms with Crippen LogP contribution in [0.25, 0.3) is 0 Å². The van der Waals surface area contributed by atoms with E-state index < -0.39 is 0 Å². The average molecular weight is 487 g/mol. The normalized spacial score (nSPS) is 27.4. The molecule has 1 unspecified atom stereocenters. The Hall–Kier alpha value is -2.88. The lowest BCUT2D eigenvalue weighted by Crippen LogP contribution is -2.48. The Labute approximate surface area is 214 Å². The Balaban J connectivity index is 1.28. The second-order valence-electron chi connectivity index (χ2n) is 11.3. The number of β-amino-alcohol motifs (C(OH)–C–C–N with tert-alkyl or cyclic N) is 1. The van der Waals surface area contributed by atoms with Gasteiger partial charge in [-0.25, -0.2) is 4.79 Å². The number of urea groups is 1. The molecule has 2 aromatic rings. The fourth-order valence-electron chi connectivity index (χ4n) is 6.41. The summed E-state index contributed by atoms with van der Waals surface area (Å²) in [4.78, 5) is 17.9. The number of hydrogen-bond acceptors (Lipinski definition) is 4. The molecule has 2 amide bonds. The van der Waals surface area contributed by atoms with E-state index in [0.717, 1.165) is 56.4 Å². The molecule has 6 heteroatoms. The molecule has 2 saturated carbocycles. The van der Waals surface area contributed by atoms with E-state index in [0.29, 0.717) is 24.9 Å². The van der Waals surface area contributed by atoms with E-state index in [1.807, 2.05) is 24.3 Å². The number of nitriles is 1. The van der Waals surface area contributed by atoms with Crippen LogP contribution in [0.5, 0.6) is 0 Å². The molecule has 1 aliphatic heterocycles. The first-order valence-corrected chi connectivity index (χ1v) is 13.5. The predicted molar refractivity (Wildman–Crippen MR) is 142 cm³/mol. The highest BCUT2D eigenvalue weighted by molar-refractivity contribution is 5.89. The molecule has 3 fully saturated rings. The quantitative estimate of drug-likeness (QED) is 0.571. The third-order valence-electron chi connectivity index (χ3n) is 8.71. The van der Waals surface area contributed by atoms with Crippen LogP contribution in [-0.2, 0) is 5.41 Å². The molecule has 0 radical (unpaired) electrons. The molecule has 6 nitrogen and oxygen atoms in total. The Morgan fingerprint density at radius 2 is 2.06 bits per heavy atom. The number of likely N-dealkylation sites (tertiary alicyclic amines) is 1. The van der Waals surface area contributed by atoms with E-state index in [-0.39, 0.29) is 23.6 Å². The molecule has 3 aliphatic rings. The van der Waals surface area contributed by atoms with Crippen molar-refractivity contribution in [2.45, 2.75) is 69.4 Å². The van der Waals surface area contributed by atoms with Gasteiger partial charge in [-0.1, -0.05) is 38.1 Å². The number of rotatable bonds is 7. The molecule has 2 aromatic carbocycles. The van der Waals surface area contributed by atoms with Gasteiger partial charge < -0.3 is 15.3 Å². The number of nitrogens with one attached hydrogen (secondary N) is 1. The molecule has 1 saturated heterocycles. The van der Waals surface area contributed by atoms with Crippen molar-refractivity contribution in [2.24, 2.45) is 5.92 Å². The summed E-state index contributed by atoms with van der Waals surface area (Å²) in [7, 11) is 0. The van der Waals surface area contributed by atoms with Gasteiger partial charge >= 0.3 is 6.03 Å². The highest BCUT2D eigenvalue weighted by atomic mass is 16.3. The van der Waals surface area contributed by atoms with Crippen LogP contribution in [0, 0.1) is 17.2 Å².